The van der Waals surface area contributed by atoms with Crippen molar-refractivity contribution in [3.05, 3.63) is 63.7 Å². The van der Waals surface area contributed by atoms with Crippen LogP contribution in [0.15, 0.2) is 30.3 Å². The van der Waals surface area contributed by atoms with Crippen LogP contribution in [-0.4, -0.2) is 5.97 Å². The summed E-state index contributed by atoms with van der Waals surface area (Å²) in [5.41, 5.74) is 6.55. The lowest BCUT2D eigenvalue weighted by Crippen LogP contribution is -2.25. The molecule has 0 aliphatic rings. The molecule has 0 bridgehead atoms. The van der Waals surface area contributed by atoms with Crippen molar-refractivity contribution in [2.75, 3.05) is 0 Å². The summed E-state index contributed by atoms with van der Waals surface area (Å²) < 4.78 is 6.12. The third-order valence-corrected chi connectivity index (χ3v) is 7.73. The number of hydrogen-bond acceptors (Lipinski definition) is 2. The second-order valence-electron chi connectivity index (χ2n) is 13.3. The van der Waals surface area contributed by atoms with Crippen molar-refractivity contribution in [1.82, 2.24) is 0 Å². The van der Waals surface area contributed by atoms with E-state index in [9.17, 15) is 4.79 Å². The SMILES string of the molecule is CCC(C)(C)c1ccc(C(=O)Oc2cc(C(C)(C)C)c(C)c(C(C)(C)C)c2)c(C(C)(C)CC)c1. The highest BCUT2D eigenvalue weighted by molar-refractivity contribution is 5.93. The summed E-state index contributed by atoms with van der Waals surface area (Å²) in [5.74, 6) is 0.352. The van der Waals surface area contributed by atoms with Crippen LogP contribution in [0.4, 0.5) is 0 Å². The Labute approximate surface area is 209 Å². The number of rotatable bonds is 6. The molecule has 0 aliphatic carbocycles. The molecule has 0 saturated carbocycles. The van der Waals surface area contributed by atoms with Crippen molar-refractivity contribution in [3.8, 4) is 5.75 Å². The Morgan fingerprint density at radius 1 is 0.706 bits per heavy atom. The summed E-state index contributed by atoms with van der Waals surface area (Å²) in [6, 6.07) is 10.4. The molecule has 0 atom stereocenters. The van der Waals surface area contributed by atoms with Gasteiger partial charge in [0, 0.05) is 0 Å². The van der Waals surface area contributed by atoms with E-state index >= 15 is 0 Å². The lowest BCUT2D eigenvalue weighted by molar-refractivity contribution is 0.0731. The molecule has 2 nitrogen and oxygen atoms in total. The molecule has 0 fully saturated rings. The van der Waals surface area contributed by atoms with E-state index in [1.807, 2.05) is 6.07 Å². The molecule has 2 rings (SSSR count). The second kappa shape index (κ2) is 9.51. The fraction of sp³-hybridized carbons (Fsp3) is 0.594. The van der Waals surface area contributed by atoms with Gasteiger partial charge in [0.2, 0.25) is 0 Å². The molecule has 0 amide bonds. The lowest BCUT2D eigenvalue weighted by atomic mass is 9.75. The Morgan fingerprint density at radius 2 is 1.18 bits per heavy atom. The molecule has 0 heterocycles. The first kappa shape index (κ1) is 28.1. The first-order valence-corrected chi connectivity index (χ1v) is 12.9. The van der Waals surface area contributed by atoms with Gasteiger partial charge in [-0.25, -0.2) is 4.79 Å². The van der Waals surface area contributed by atoms with Crippen LogP contribution >= 0.6 is 0 Å². The van der Waals surface area contributed by atoms with Gasteiger partial charge in [-0.05, 0) is 87.4 Å². The molecule has 0 saturated heterocycles. The van der Waals surface area contributed by atoms with Gasteiger partial charge in [-0.1, -0.05) is 95.2 Å². The van der Waals surface area contributed by atoms with E-state index in [-0.39, 0.29) is 27.6 Å². The second-order valence-corrected chi connectivity index (χ2v) is 13.3. The highest BCUT2D eigenvalue weighted by Gasteiger charge is 2.30. The number of carbonyl (C=O) groups is 1. The van der Waals surface area contributed by atoms with E-state index in [1.54, 1.807) is 0 Å². The molecule has 0 spiro atoms. The summed E-state index contributed by atoms with van der Waals surface area (Å²) >= 11 is 0. The fourth-order valence-electron chi connectivity index (χ4n) is 4.56. The van der Waals surface area contributed by atoms with Gasteiger partial charge in [-0.3, -0.25) is 0 Å². The molecular weight excluding hydrogens is 416 g/mol. The zero-order chi connectivity index (χ0) is 26.3. The standard InChI is InChI=1S/C32H48O2/c1-14-31(10,11)22-16-17-24(27(18-22)32(12,13)15-2)28(33)34-23-19-25(29(4,5)6)21(3)26(20-23)30(7,8)9/h16-20H,14-15H2,1-13H3. The maximum atomic E-state index is 13.6. The normalized spacial score (nSPS) is 13.2. The van der Waals surface area contributed by atoms with Crippen molar-refractivity contribution in [2.45, 2.75) is 125 Å². The Kier molecular flexibility index (Phi) is 7.88. The third kappa shape index (κ3) is 5.93. The number of esters is 1. The topological polar surface area (TPSA) is 26.3 Å². The highest BCUT2D eigenvalue weighted by atomic mass is 16.5. The zero-order valence-electron chi connectivity index (χ0n) is 24.1. The van der Waals surface area contributed by atoms with E-state index in [0.29, 0.717) is 11.3 Å². The third-order valence-electron chi connectivity index (χ3n) is 7.73. The van der Waals surface area contributed by atoms with Crippen LogP contribution in [0.1, 0.15) is 134 Å². The maximum absolute atomic E-state index is 13.6. The summed E-state index contributed by atoms with van der Waals surface area (Å²) in [6.45, 7) is 28.8. The zero-order valence-corrected chi connectivity index (χ0v) is 24.1. The minimum absolute atomic E-state index is 0.0464. The van der Waals surface area contributed by atoms with Crippen molar-refractivity contribution in [3.63, 3.8) is 0 Å². The summed E-state index contributed by atoms with van der Waals surface area (Å²) in [5, 5.41) is 0. The van der Waals surface area contributed by atoms with Gasteiger partial charge in [-0.2, -0.15) is 0 Å². The van der Waals surface area contributed by atoms with Crippen LogP contribution < -0.4 is 4.74 Å². The van der Waals surface area contributed by atoms with Gasteiger partial charge < -0.3 is 4.74 Å². The number of carbonyl (C=O) groups excluding carboxylic acids is 1. The van der Waals surface area contributed by atoms with Gasteiger partial charge in [0.1, 0.15) is 5.75 Å². The fourth-order valence-corrected chi connectivity index (χ4v) is 4.56. The van der Waals surface area contributed by atoms with Gasteiger partial charge in [0.15, 0.2) is 0 Å². The molecule has 0 aromatic heterocycles. The Bertz CT molecular complexity index is 1000. The smallest absolute Gasteiger partial charge is 0.343 e. The summed E-state index contributed by atoms with van der Waals surface area (Å²) in [7, 11) is 0. The van der Waals surface area contributed by atoms with E-state index in [0.717, 1.165) is 18.4 Å². The Balaban J connectivity index is 2.64. The minimum atomic E-state index is -0.277. The van der Waals surface area contributed by atoms with Gasteiger partial charge in [-0.15, -0.1) is 0 Å². The molecule has 2 aromatic rings. The molecule has 188 valence electrons. The quantitative estimate of drug-likeness (QED) is 0.314. The summed E-state index contributed by atoms with van der Waals surface area (Å²) in [4.78, 5) is 13.6. The monoisotopic (exact) mass is 464 g/mol. The number of benzene rings is 2. The van der Waals surface area contributed by atoms with Crippen LogP contribution in [-0.2, 0) is 21.7 Å². The molecule has 0 radical (unpaired) electrons. The van der Waals surface area contributed by atoms with Gasteiger partial charge in [0.05, 0.1) is 5.56 Å². The molecular formula is C32H48O2. The average Bonchev–Trinajstić information content (AvgIpc) is 2.72. The molecule has 0 N–H and O–H groups in total. The first-order valence-electron chi connectivity index (χ1n) is 12.9. The first-order chi connectivity index (χ1) is 15.3. The van der Waals surface area contributed by atoms with Crippen LogP contribution in [0.25, 0.3) is 0 Å². The van der Waals surface area contributed by atoms with E-state index in [1.165, 1.54) is 22.3 Å². The highest BCUT2D eigenvalue weighted by Crippen LogP contribution is 2.38. The molecule has 0 aliphatic heterocycles. The van der Waals surface area contributed by atoms with Crippen LogP contribution in [0.2, 0.25) is 0 Å². The van der Waals surface area contributed by atoms with Crippen LogP contribution in [0.3, 0.4) is 0 Å². The maximum Gasteiger partial charge on any atom is 0.343 e. The Morgan fingerprint density at radius 3 is 1.59 bits per heavy atom. The van der Waals surface area contributed by atoms with E-state index in [4.69, 9.17) is 4.74 Å². The predicted molar refractivity (Wildman–Crippen MR) is 147 cm³/mol. The molecule has 34 heavy (non-hydrogen) atoms. The van der Waals surface area contributed by atoms with Crippen molar-refractivity contribution < 1.29 is 9.53 Å². The Hall–Kier alpha value is -2.09. The summed E-state index contributed by atoms with van der Waals surface area (Å²) in [6.07, 6.45) is 1.98. The average molecular weight is 465 g/mol. The number of hydrogen-bond donors (Lipinski definition) is 0. The predicted octanol–water partition coefficient (Wildman–Crippen LogP) is 9.18. The molecule has 2 heteroatoms. The van der Waals surface area contributed by atoms with Crippen LogP contribution in [0.5, 0.6) is 5.75 Å². The van der Waals surface area contributed by atoms with Crippen molar-refractivity contribution >= 4 is 5.97 Å². The lowest BCUT2D eigenvalue weighted by Gasteiger charge is -2.31. The van der Waals surface area contributed by atoms with E-state index in [2.05, 4.69) is 114 Å². The molecule has 2 aromatic carbocycles. The molecule has 0 unspecified atom stereocenters. The van der Waals surface area contributed by atoms with Gasteiger partial charge >= 0.3 is 5.97 Å². The van der Waals surface area contributed by atoms with E-state index < -0.39 is 0 Å². The largest absolute Gasteiger partial charge is 0.423 e. The van der Waals surface area contributed by atoms with Crippen molar-refractivity contribution in [2.24, 2.45) is 0 Å². The van der Waals surface area contributed by atoms with Crippen molar-refractivity contribution in [1.29, 1.82) is 0 Å². The van der Waals surface area contributed by atoms with Crippen LogP contribution in [0, 0.1) is 6.92 Å². The van der Waals surface area contributed by atoms with Gasteiger partial charge in [0.25, 0.3) is 0 Å². The minimum Gasteiger partial charge on any atom is -0.423 e. The number of ether oxygens (including phenoxy) is 1.